The second-order valence-electron chi connectivity index (χ2n) is 10.4. The van der Waals surface area contributed by atoms with Crippen LogP contribution in [0.3, 0.4) is 0 Å². The summed E-state index contributed by atoms with van der Waals surface area (Å²) in [6.45, 7) is 28.7. The molecule has 0 bridgehead atoms. The van der Waals surface area contributed by atoms with Gasteiger partial charge >= 0.3 is 0 Å². The van der Waals surface area contributed by atoms with Crippen LogP contribution in [0.25, 0.3) is 0 Å². The Bertz CT molecular complexity index is 858. The summed E-state index contributed by atoms with van der Waals surface area (Å²) in [4.78, 5) is 10.7. The van der Waals surface area contributed by atoms with E-state index in [9.17, 15) is 15.0 Å². The summed E-state index contributed by atoms with van der Waals surface area (Å²) in [5, 5.41) is 22.7. The third kappa shape index (κ3) is 11.7. The van der Waals surface area contributed by atoms with Gasteiger partial charge in [-0.25, -0.2) is 0 Å². The Morgan fingerprint density at radius 2 is 1.11 bits per heavy atom. The minimum atomic E-state index is -0.0478. The number of carbonyl (C=O) groups is 1. The monoisotopic (exact) mass is 487 g/mol. The molecule has 0 saturated heterocycles. The number of aryl methyl sites for hydroxylation is 3. The van der Waals surface area contributed by atoms with Crippen molar-refractivity contribution in [3.63, 3.8) is 0 Å². The van der Waals surface area contributed by atoms with Crippen molar-refractivity contribution in [2.75, 3.05) is 0 Å². The van der Waals surface area contributed by atoms with Crippen LogP contribution in [0.2, 0.25) is 0 Å². The van der Waals surface area contributed by atoms with Crippen LogP contribution in [0.1, 0.15) is 116 Å². The van der Waals surface area contributed by atoms with E-state index in [0.29, 0.717) is 18.0 Å². The zero-order valence-corrected chi connectivity index (χ0v) is 25.0. The van der Waals surface area contributed by atoms with Crippen LogP contribution in [-0.2, 0) is 28.6 Å². The first-order valence-corrected chi connectivity index (χ1v) is 13.0. The number of phenols is 2. The van der Waals surface area contributed by atoms with Crippen LogP contribution in [0.5, 0.6) is 11.5 Å². The largest absolute Gasteiger partial charge is 0.507 e. The summed E-state index contributed by atoms with van der Waals surface area (Å²) in [5.74, 6) is 0.757. The van der Waals surface area contributed by atoms with E-state index in [-0.39, 0.29) is 16.7 Å². The van der Waals surface area contributed by atoms with E-state index in [1.165, 1.54) is 12.5 Å². The Labute approximate surface area is 216 Å². The first-order valence-electron chi connectivity index (χ1n) is 13.0. The molecule has 0 radical (unpaired) electrons. The van der Waals surface area contributed by atoms with E-state index in [1.807, 2.05) is 53.7 Å². The Hall–Kier alpha value is -2.49. The summed E-state index contributed by atoms with van der Waals surface area (Å²) in [6, 6.07) is 8.03. The van der Waals surface area contributed by atoms with Crippen molar-refractivity contribution in [1.82, 2.24) is 5.32 Å². The van der Waals surface area contributed by atoms with Gasteiger partial charge in [-0.2, -0.15) is 0 Å². The zero-order chi connectivity index (χ0) is 28.1. The molecular formula is C31H53NO3. The molecule has 3 N–H and O–H groups in total. The highest BCUT2D eigenvalue weighted by molar-refractivity contribution is 5.72. The van der Waals surface area contributed by atoms with E-state index in [4.69, 9.17) is 0 Å². The van der Waals surface area contributed by atoms with E-state index in [1.54, 1.807) is 0 Å². The molecule has 0 aliphatic rings. The Morgan fingerprint density at radius 3 is 1.40 bits per heavy atom. The second kappa shape index (κ2) is 15.5. The molecule has 0 atom stereocenters. The van der Waals surface area contributed by atoms with Crippen molar-refractivity contribution >= 4 is 5.91 Å². The standard InChI is InChI=1S/C16H26O.C11H15NO2.2C2H6/c1-8-11-9-12(15(2,3)4)14(17)13(10-11)16(5,6)7;1-7-4-10(6-12-9(3)13)5-8(2)11(7)14;2*1-2/h9-10,17H,8H2,1-7H3;4-5,14H,6H2,1-3H3,(H,12,13);2*1-2H3. The van der Waals surface area contributed by atoms with Gasteiger partial charge in [0.2, 0.25) is 5.91 Å². The van der Waals surface area contributed by atoms with Gasteiger partial charge in [0.25, 0.3) is 0 Å². The first kappa shape index (κ1) is 34.7. The third-order valence-electron chi connectivity index (χ3n) is 5.29. The van der Waals surface area contributed by atoms with Crippen molar-refractivity contribution in [3.05, 3.63) is 57.6 Å². The van der Waals surface area contributed by atoms with Crippen molar-refractivity contribution in [2.24, 2.45) is 0 Å². The third-order valence-corrected chi connectivity index (χ3v) is 5.29. The molecule has 4 heteroatoms. The van der Waals surface area contributed by atoms with Crippen LogP contribution in [-0.4, -0.2) is 16.1 Å². The van der Waals surface area contributed by atoms with Crippen molar-refractivity contribution in [1.29, 1.82) is 0 Å². The number of phenolic OH excluding ortho intramolecular Hbond substituents is 2. The summed E-state index contributed by atoms with van der Waals surface area (Å²) in [7, 11) is 0. The van der Waals surface area contributed by atoms with Crippen LogP contribution < -0.4 is 5.32 Å². The highest BCUT2D eigenvalue weighted by atomic mass is 16.3. The fourth-order valence-electron chi connectivity index (χ4n) is 3.42. The lowest BCUT2D eigenvalue weighted by Gasteiger charge is -2.28. The molecule has 0 heterocycles. The van der Waals surface area contributed by atoms with Crippen molar-refractivity contribution < 1.29 is 15.0 Å². The van der Waals surface area contributed by atoms with Gasteiger partial charge in [0.1, 0.15) is 11.5 Å². The zero-order valence-electron chi connectivity index (χ0n) is 25.0. The highest BCUT2D eigenvalue weighted by Crippen LogP contribution is 2.39. The molecule has 0 spiro atoms. The number of hydrogen-bond donors (Lipinski definition) is 3. The Morgan fingerprint density at radius 1 is 0.743 bits per heavy atom. The molecule has 4 nitrogen and oxygen atoms in total. The number of hydrogen-bond acceptors (Lipinski definition) is 3. The normalized spacial score (nSPS) is 10.6. The van der Waals surface area contributed by atoms with Crippen LogP contribution in [0.15, 0.2) is 24.3 Å². The second-order valence-corrected chi connectivity index (χ2v) is 10.4. The van der Waals surface area contributed by atoms with E-state index in [2.05, 4.69) is 65.9 Å². The molecule has 0 aliphatic heterocycles. The molecule has 1 amide bonds. The smallest absolute Gasteiger partial charge is 0.217 e. The molecule has 2 aromatic carbocycles. The maximum Gasteiger partial charge on any atom is 0.217 e. The van der Waals surface area contributed by atoms with Gasteiger partial charge in [0.05, 0.1) is 0 Å². The molecule has 0 aliphatic carbocycles. The summed E-state index contributed by atoms with van der Waals surface area (Å²) in [6.07, 6.45) is 1.01. The fourth-order valence-corrected chi connectivity index (χ4v) is 3.42. The number of rotatable bonds is 3. The van der Waals surface area contributed by atoms with Crippen LogP contribution in [0, 0.1) is 13.8 Å². The number of amides is 1. The predicted molar refractivity (Wildman–Crippen MR) is 153 cm³/mol. The molecule has 2 aromatic rings. The topological polar surface area (TPSA) is 69.6 Å². The molecule has 35 heavy (non-hydrogen) atoms. The van der Waals surface area contributed by atoms with Gasteiger partial charge in [-0.3, -0.25) is 4.79 Å². The fraction of sp³-hybridized carbons (Fsp3) is 0.581. The van der Waals surface area contributed by atoms with Crippen LogP contribution in [0.4, 0.5) is 0 Å². The molecule has 2 rings (SSSR count). The quantitative estimate of drug-likeness (QED) is 0.408. The molecule has 200 valence electrons. The lowest BCUT2D eigenvalue weighted by Crippen LogP contribution is -2.18. The average Bonchev–Trinajstić information content (AvgIpc) is 2.77. The maximum atomic E-state index is 10.7. The summed E-state index contributed by atoms with van der Waals surface area (Å²) >= 11 is 0. The van der Waals surface area contributed by atoms with E-state index >= 15 is 0 Å². The number of nitrogens with one attached hydrogen (secondary N) is 1. The van der Waals surface area contributed by atoms with Gasteiger partial charge in [0.15, 0.2) is 0 Å². The van der Waals surface area contributed by atoms with Crippen molar-refractivity contribution in [2.45, 2.75) is 121 Å². The number of aromatic hydroxyl groups is 2. The number of benzene rings is 2. The Kier molecular flexibility index (Phi) is 15.4. The Balaban J connectivity index is 0. The minimum Gasteiger partial charge on any atom is -0.507 e. The minimum absolute atomic E-state index is 0.0186. The molecule has 0 aromatic heterocycles. The lowest BCUT2D eigenvalue weighted by molar-refractivity contribution is -0.119. The van der Waals surface area contributed by atoms with Gasteiger partial charge in [-0.05, 0) is 64.5 Å². The molecule has 0 saturated carbocycles. The van der Waals surface area contributed by atoms with Gasteiger partial charge < -0.3 is 15.5 Å². The molecule has 0 unspecified atom stereocenters. The lowest BCUT2D eigenvalue weighted by atomic mass is 9.78. The molecular weight excluding hydrogens is 434 g/mol. The highest BCUT2D eigenvalue weighted by Gasteiger charge is 2.26. The maximum absolute atomic E-state index is 10.7. The van der Waals surface area contributed by atoms with Gasteiger partial charge in [-0.1, -0.05) is 100 Å². The van der Waals surface area contributed by atoms with E-state index < -0.39 is 0 Å². The predicted octanol–water partition coefficient (Wildman–Crippen LogP) is 8.25. The van der Waals surface area contributed by atoms with Gasteiger partial charge in [0, 0.05) is 13.5 Å². The van der Waals surface area contributed by atoms with Gasteiger partial charge in [-0.15, -0.1) is 0 Å². The summed E-state index contributed by atoms with van der Waals surface area (Å²) in [5.41, 5.74) is 6.06. The van der Waals surface area contributed by atoms with E-state index in [0.717, 1.165) is 34.2 Å². The van der Waals surface area contributed by atoms with Crippen LogP contribution >= 0.6 is 0 Å². The molecule has 0 fully saturated rings. The summed E-state index contributed by atoms with van der Waals surface area (Å²) < 4.78 is 0. The van der Waals surface area contributed by atoms with Crippen molar-refractivity contribution in [3.8, 4) is 11.5 Å². The SMILES string of the molecule is CC.CC.CC(=O)NCc1cc(C)c(O)c(C)c1.CCc1cc(C(C)(C)C)c(O)c(C(C)(C)C)c1. The number of carbonyl (C=O) groups excluding carboxylic acids is 1. The average molecular weight is 488 g/mol. The first-order chi connectivity index (χ1) is 16.1.